The summed E-state index contributed by atoms with van der Waals surface area (Å²) in [6.07, 6.45) is 2.27. The Balaban J connectivity index is 3.05. The van der Waals surface area contributed by atoms with Gasteiger partial charge in [0, 0.05) is 0 Å². The topological polar surface area (TPSA) is 0 Å². The monoisotopic (exact) mass is 280 g/mol. The largest absolute Gasteiger partial charge is 0.118 e. The second-order valence-electron chi connectivity index (χ2n) is 6.41. The quantitative estimate of drug-likeness (QED) is 0.512. The number of hydrogen-bond acceptors (Lipinski definition) is 0. The van der Waals surface area contributed by atoms with E-state index in [1.807, 2.05) is 0 Å². The molecule has 2 atom stereocenters. The van der Waals surface area contributed by atoms with Gasteiger partial charge in [-0.05, 0) is 40.9 Å². The molecule has 19 heavy (non-hydrogen) atoms. The smallest absolute Gasteiger partial charge is 0.0590 e. The maximum Gasteiger partial charge on any atom is 0.0590 e. The Bertz CT molecular complexity index is 393. The minimum absolute atomic E-state index is 0.147. The summed E-state index contributed by atoms with van der Waals surface area (Å²) < 4.78 is 0. The highest BCUT2D eigenvalue weighted by Gasteiger charge is 2.17. The molecule has 0 saturated carbocycles. The highest BCUT2D eigenvalue weighted by molar-refractivity contribution is 6.20. The fourth-order valence-corrected chi connectivity index (χ4v) is 2.89. The molecule has 0 aliphatic heterocycles. The van der Waals surface area contributed by atoms with E-state index in [0.717, 1.165) is 6.42 Å². The molecule has 0 nitrogen and oxygen atoms in total. The third kappa shape index (κ3) is 4.53. The van der Waals surface area contributed by atoms with Crippen LogP contribution in [0, 0.1) is 5.92 Å². The zero-order chi connectivity index (χ0) is 14.6. The van der Waals surface area contributed by atoms with E-state index < -0.39 is 0 Å². The molecule has 1 rings (SSSR count). The normalized spacial score (nSPS) is 15.0. The fraction of sp³-hybridized carbons (Fsp3) is 0.667. The Kier molecular flexibility index (Phi) is 6.39. The van der Waals surface area contributed by atoms with Crippen molar-refractivity contribution in [3.05, 3.63) is 34.9 Å². The lowest BCUT2D eigenvalue weighted by Gasteiger charge is -2.21. The lowest BCUT2D eigenvalue weighted by Crippen LogP contribution is -2.05. The SMILES string of the molecule is CCC(C)CC(Cl)c1ccc(C(C)C)cc1C(C)C. The van der Waals surface area contributed by atoms with E-state index in [9.17, 15) is 0 Å². The van der Waals surface area contributed by atoms with E-state index in [4.69, 9.17) is 11.6 Å². The molecule has 1 aromatic carbocycles. The Hall–Kier alpha value is -0.490. The second-order valence-corrected chi connectivity index (χ2v) is 6.94. The first-order valence-corrected chi connectivity index (χ1v) is 8.08. The molecule has 0 spiro atoms. The summed E-state index contributed by atoms with van der Waals surface area (Å²) in [7, 11) is 0. The van der Waals surface area contributed by atoms with Gasteiger partial charge in [0.05, 0.1) is 5.38 Å². The predicted molar refractivity (Wildman–Crippen MR) is 87.3 cm³/mol. The van der Waals surface area contributed by atoms with Crippen LogP contribution in [0.2, 0.25) is 0 Å². The van der Waals surface area contributed by atoms with Crippen molar-refractivity contribution in [3.8, 4) is 0 Å². The van der Waals surface area contributed by atoms with Crippen LogP contribution in [0.5, 0.6) is 0 Å². The molecule has 0 saturated heterocycles. The molecule has 0 aromatic heterocycles. The van der Waals surface area contributed by atoms with E-state index in [1.165, 1.54) is 23.1 Å². The van der Waals surface area contributed by atoms with Crippen LogP contribution in [0.25, 0.3) is 0 Å². The summed E-state index contributed by atoms with van der Waals surface area (Å²) in [5.41, 5.74) is 4.18. The van der Waals surface area contributed by atoms with E-state index in [1.54, 1.807) is 0 Å². The third-order valence-electron chi connectivity index (χ3n) is 4.04. The second kappa shape index (κ2) is 7.33. The first-order valence-electron chi connectivity index (χ1n) is 7.64. The van der Waals surface area contributed by atoms with Crippen LogP contribution in [0.4, 0.5) is 0 Å². The number of hydrogen-bond donors (Lipinski definition) is 0. The molecule has 0 heterocycles. The van der Waals surface area contributed by atoms with Crippen LogP contribution in [-0.2, 0) is 0 Å². The van der Waals surface area contributed by atoms with Gasteiger partial charge >= 0.3 is 0 Å². The molecule has 0 radical (unpaired) electrons. The molecule has 108 valence electrons. The van der Waals surface area contributed by atoms with Gasteiger partial charge < -0.3 is 0 Å². The summed E-state index contributed by atoms with van der Waals surface area (Å²) in [6.45, 7) is 13.5. The van der Waals surface area contributed by atoms with Crippen molar-refractivity contribution in [2.75, 3.05) is 0 Å². The maximum absolute atomic E-state index is 6.66. The highest BCUT2D eigenvalue weighted by Crippen LogP contribution is 2.35. The number of rotatable bonds is 6. The molecule has 2 unspecified atom stereocenters. The van der Waals surface area contributed by atoms with Crippen LogP contribution in [0.1, 0.15) is 88.3 Å². The van der Waals surface area contributed by atoms with Gasteiger partial charge in [0.15, 0.2) is 0 Å². The molecular formula is C18H29Cl. The summed E-state index contributed by atoms with van der Waals surface area (Å²) >= 11 is 6.66. The Morgan fingerprint density at radius 2 is 1.58 bits per heavy atom. The van der Waals surface area contributed by atoms with Gasteiger partial charge in [-0.25, -0.2) is 0 Å². The zero-order valence-corrected chi connectivity index (χ0v) is 14.1. The van der Waals surface area contributed by atoms with Crippen LogP contribution >= 0.6 is 11.6 Å². The van der Waals surface area contributed by atoms with Crippen molar-refractivity contribution in [3.63, 3.8) is 0 Å². The fourth-order valence-electron chi connectivity index (χ4n) is 2.38. The van der Waals surface area contributed by atoms with Gasteiger partial charge in [-0.15, -0.1) is 11.6 Å². The van der Waals surface area contributed by atoms with Crippen molar-refractivity contribution in [2.24, 2.45) is 5.92 Å². The van der Waals surface area contributed by atoms with Gasteiger partial charge in [0.1, 0.15) is 0 Å². The third-order valence-corrected chi connectivity index (χ3v) is 4.46. The molecule has 0 aliphatic rings. The van der Waals surface area contributed by atoms with E-state index in [2.05, 4.69) is 59.7 Å². The molecule has 1 heteroatoms. The number of halogens is 1. The molecular weight excluding hydrogens is 252 g/mol. The van der Waals surface area contributed by atoms with E-state index in [0.29, 0.717) is 17.8 Å². The average molecular weight is 281 g/mol. The minimum Gasteiger partial charge on any atom is -0.118 e. The van der Waals surface area contributed by atoms with Crippen molar-refractivity contribution in [1.29, 1.82) is 0 Å². The van der Waals surface area contributed by atoms with Crippen molar-refractivity contribution < 1.29 is 0 Å². The van der Waals surface area contributed by atoms with Crippen LogP contribution in [0.15, 0.2) is 18.2 Å². The first-order chi connectivity index (χ1) is 8.86. The molecule has 0 amide bonds. The standard InChI is InChI=1S/C18H29Cl/c1-7-14(6)10-18(19)16-9-8-15(12(2)3)11-17(16)13(4)5/h8-9,11-14,18H,7,10H2,1-6H3. The molecule has 0 N–H and O–H groups in total. The molecule has 0 fully saturated rings. The van der Waals surface area contributed by atoms with Crippen LogP contribution in [0.3, 0.4) is 0 Å². The highest BCUT2D eigenvalue weighted by atomic mass is 35.5. The van der Waals surface area contributed by atoms with Gasteiger partial charge in [-0.2, -0.15) is 0 Å². The molecule has 0 bridgehead atoms. The lowest BCUT2D eigenvalue weighted by atomic mass is 9.88. The summed E-state index contributed by atoms with van der Waals surface area (Å²) in [5.74, 6) is 1.80. The Morgan fingerprint density at radius 1 is 0.947 bits per heavy atom. The summed E-state index contributed by atoms with van der Waals surface area (Å²) in [5, 5.41) is 0.147. The Morgan fingerprint density at radius 3 is 2.05 bits per heavy atom. The lowest BCUT2D eigenvalue weighted by molar-refractivity contribution is 0.506. The minimum atomic E-state index is 0.147. The number of benzene rings is 1. The van der Waals surface area contributed by atoms with Gasteiger partial charge in [0.25, 0.3) is 0 Å². The van der Waals surface area contributed by atoms with Gasteiger partial charge in [0.2, 0.25) is 0 Å². The van der Waals surface area contributed by atoms with Gasteiger partial charge in [-0.3, -0.25) is 0 Å². The average Bonchev–Trinajstić information content (AvgIpc) is 2.37. The Labute approximate surface area is 124 Å². The zero-order valence-electron chi connectivity index (χ0n) is 13.3. The summed E-state index contributed by atoms with van der Waals surface area (Å²) in [6, 6.07) is 6.86. The van der Waals surface area contributed by atoms with Crippen molar-refractivity contribution in [1.82, 2.24) is 0 Å². The first kappa shape index (κ1) is 16.6. The summed E-state index contributed by atoms with van der Waals surface area (Å²) in [4.78, 5) is 0. The van der Waals surface area contributed by atoms with Crippen molar-refractivity contribution in [2.45, 2.75) is 71.6 Å². The van der Waals surface area contributed by atoms with E-state index in [-0.39, 0.29) is 5.38 Å². The molecule has 0 aliphatic carbocycles. The van der Waals surface area contributed by atoms with E-state index >= 15 is 0 Å². The number of alkyl halides is 1. The van der Waals surface area contributed by atoms with Crippen LogP contribution < -0.4 is 0 Å². The maximum atomic E-state index is 6.66. The van der Waals surface area contributed by atoms with Gasteiger partial charge in [-0.1, -0.05) is 66.2 Å². The predicted octanol–water partition coefficient (Wildman–Crippen LogP) is 6.65. The molecule has 1 aromatic rings. The van der Waals surface area contributed by atoms with Crippen LogP contribution in [-0.4, -0.2) is 0 Å². The van der Waals surface area contributed by atoms with Crippen molar-refractivity contribution >= 4 is 11.6 Å².